The fourth-order valence-corrected chi connectivity index (χ4v) is 1.70. The second kappa shape index (κ2) is 9.78. The van der Waals surface area contributed by atoms with Crippen molar-refractivity contribution in [2.45, 2.75) is 25.7 Å². The van der Waals surface area contributed by atoms with Crippen molar-refractivity contribution in [2.24, 2.45) is 0 Å². The zero-order valence-electron chi connectivity index (χ0n) is 11.5. The summed E-state index contributed by atoms with van der Waals surface area (Å²) in [7, 11) is 0. The van der Waals surface area contributed by atoms with Crippen LogP contribution in [0, 0.1) is 0 Å². The summed E-state index contributed by atoms with van der Waals surface area (Å²) in [6, 6.07) is 9.26. The van der Waals surface area contributed by atoms with E-state index in [-0.39, 0.29) is 5.97 Å². The van der Waals surface area contributed by atoms with Crippen molar-refractivity contribution in [3.05, 3.63) is 42.5 Å². The summed E-state index contributed by atoms with van der Waals surface area (Å²) in [4.78, 5) is 21.6. The molecular formula is C16H20O4. The number of hydrogen-bond acceptors (Lipinski definition) is 4. The SMILES string of the molecule is C=C(C(=O)OCCCCCCOC=O)c1ccccc1. The van der Waals surface area contributed by atoms with Crippen molar-refractivity contribution in [1.29, 1.82) is 0 Å². The molecule has 0 radical (unpaired) electrons. The Bertz CT molecular complexity index is 425. The molecule has 0 heterocycles. The number of carbonyl (C=O) groups excluding carboxylic acids is 2. The molecule has 0 aromatic heterocycles. The highest BCUT2D eigenvalue weighted by molar-refractivity contribution is 6.15. The molecule has 1 rings (SSSR count). The van der Waals surface area contributed by atoms with Gasteiger partial charge in [-0.3, -0.25) is 4.79 Å². The molecule has 0 atom stereocenters. The Labute approximate surface area is 119 Å². The second-order valence-electron chi connectivity index (χ2n) is 4.36. The van der Waals surface area contributed by atoms with Crippen LogP contribution >= 0.6 is 0 Å². The van der Waals surface area contributed by atoms with E-state index in [0.717, 1.165) is 31.2 Å². The maximum Gasteiger partial charge on any atom is 0.338 e. The number of benzene rings is 1. The van der Waals surface area contributed by atoms with Crippen LogP contribution in [0.15, 0.2) is 36.9 Å². The highest BCUT2D eigenvalue weighted by Crippen LogP contribution is 2.13. The quantitative estimate of drug-likeness (QED) is 0.285. The number of ether oxygens (including phenoxy) is 2. The Morgan fingerprint density at radius 1 is 1.05 bits per heavy atom. The van der Waals surface area contributed by atoms with E-state index in [4.69, 9.17) is 4.74 Å². The molecule has 0 saturated heterocycles. The van der Waals surface area contributed by atoms with E-state index in [0.29, 0.717) is 25.3 Å². The third kappa shape index (κ3) is 6.18. The van der Waals surface area contributed by atoms with E-state index < -0.39 is 0 Å². The minimum absolute atomic E-state index is 0.375. The first-order valence-electron chi connectivity index (χ1n) is 6.72. The number of unbranched alkanes of at least 4 members (excludes halogenated alkanes) is 3. The Hall–Kier alpha value is -2.10. The largest absolute Gasteiger partial charge is 0.468 e. The molecule has 0 saturated carbocycles. The third-order valence-corrected chi connectivity index (χ3v) is 2.83. The lowest BCUT2D eigenvalue weighted by Gasteiger charge is -2.07. The predicted molar refractivity (Wildman–Crippen MR) is 76.9 cm³/mol. The van der Waals surface area contributed by atoms with Gasteiger partial charge in [-0.2, -0.15) is 0 Å². The Balaban J connectivity index is 2.11. The fourth-order valence-electron chi connectivity index (χ4n) is 1.70. The van der Waals surface area contributed by atoms with Gasteiger partial charge in [-0.25, -0.2) is 4.79 Å². The number of esters is 1. The molecule has 0 N–H and O–H groups in total. The van der Waals surface area contributed by atoms with Crippen molar-refractivity contribution in [3.8, 4) is 0 Å². The van der Waals surface area contributed by atoms with Crippen LogP contribution < -0.4 is 0 Å². The lowest BCUT2D eigenvalue weighted by Crippen LogP contribution is -2.07. The van der Waals surface area contributed by atoms with Gasteiger partial charge in [0.2, 0.25) is 0 Å². The molecule has 1 aromatic carbocycles. The van der Waals surface area contributed by atoms with Gasteiger partial charge in [0.1, 0.15) is 0 Å². The molecule has 0 aliphatic rings. The van der Waals surface area contributed by atoms with Gasteiger partial charge in [0.05, 0.1) is 18.8 Å². The van der Waals surface area contributed by atoms with Crippen LogP contribution in [-0.4, -0.2) is 25.7 Å². The molecule has 0 amide bonds. The molecule has 20 heavy (non-hydrogen) atoms. The average Bonchev–Trinajstić information content (AvgIpc) is 2.50. The number of rotatable bonds is 10. The van der Waals surface area contributed by atoms with E-state index >= 15 is 0 Å². The van der Waals surface area contributed by atoms with Crippen LogP contribution in [0.5, 0.6) is 0 Å². The minimum Gasteiger partial charge on any atom is -0.468 e. The minimum atomic E-state index is -0.375. The van der Waals surface area contributed by atoms with Crippen LogP contribution in [-0.2, 0) is 19.1 Å². The number of carbonyl (C=O) groups is 2. The van der Waals surface area contributed by atoms with E-state index in [1.807, 2.05) is 30.3 Å². The summed E-state index contributed by atoms with van der Waals surface area (Å²) < 4.78 is 9.74. The monoisotopic (exact) mass is 276 g/mol. The van der Waals surface area contributed by atoms with Crippen molar-refractivity contribution in [1.82, 2.24) is 0 Å². The topological polar surface area (TPSA) is 52.6 Å². The predicted octanol–water partition coefficient (Wildman–Crippen LogP) is 2.98. The second-order valence-corrected chi connectivity index (χ2v) is 4.36. The van der Waals surface area contributed by atoms with Crippen LogP contribution in [0.2, 0.25) is 0 Å². The Morgan fingerprint density at radius 2 is 1.70 bits per heavy atom. The first-order valence-corrected chi connectivity index (χ1v) is 6.72. The van der Waals surface area contributed by atoms with E-state index in [1.54, 1.807) is 0 Å². The normalized spacial score (nSPS) is 9.80. The van der Waals surface area contributed by atoms with Crippen molar-refractivity contribution in [3.63, 3.8) is 0 Å². The molecule has 0 fully saturated rings. The lowest BCUT2D eigenvalue weighted by atomic mass is 10.1. The zero-order valence-corrected chi connectivity index (χ0v) is 11.5. The first kappa shape index (κ1) is 16.0. The maximum atomic E-state index is 11.7. The summed E-state index contributed by atoms with van der Waals surface area (Å²) in [5.74, 6) is -0.375. The van der Waals surface area contributed by atoms with Crippen LogP contribution in [0.1, 0.15) is 31.2 Å². The average molecular weight is 276 g/mol. The Kier molecular flexibility index (Phi) is 7.80. The van der Waals surface area contributed by atoms with Gasteiger partial charge >= 0.3 is 5.97 Å². The highest BCUT2D eigenvalue weighted by Gasteiger charge is 2.09. The molecule has 0 aliphatic carbocycles. The molecule has 1 aromatic rings. The first-order chi connectivity index (χ1) is 9.75. The molecule has 0 spiro atoms. The van der Waals surface area contributed by atoms with E-state index in [1.165, 1.54) is 0 Å². The molecule has 108 valence electrons. The smallest absolute Gasteiger partial charge is 0.338 e. The molecular weight excluding hydrogens is 256 g/mol. The van der Waals surface area contributed by atoms with Crippen molar-refractivity contribution in [2.75, 3.05) is 13.2 Å². The van der Waals surface area contributed by atoms with Crippen molar-refractivity contribution < 1.29 is 19.1 Å². The van der Waals surface area contributed by atoms with E-state index in [9.17, 15) is 9.59 Å². The summed E-state index contributed by atoms with van der Waals surface area (Å²) in [6.07, 6.45) is 3.52. The molecule has 0 aliphatic heterocycles. The van der Waals surface area contributed by atoms with Crippen LogP contribution in [0.25, 0.3) is 5.57 Å². The molecule has 0 bridgehead atoms. The molecule has 4 nitrogen and oxygen atoms in total. The van der Waals surface area contributed by atoms with Gasteiger partial charge in [0, 0.05) is 0 Å². The summed E-state index contributed by atoms with van der Waals surface area (Å²) in [6.45, 7) is 5.05. The molecule has 0 unspecified atom stereocenters. The van der Waals surface area contributed by atoms with Crippen LogP contribution in [0.4, 0.5) is 0 Å². The van der Waals surface area contributed by atoms with Crippen LogP contribution in [0.3, 0.4) is 0 Å². The van der Waals surface area contributed by atoms with Gasteiger partial charge in [-0.15, -0.1) is 0 Å². The van der Waals surface area contributed by atoms with Crippen molar-refractivity contribution >= 4 is 18.0 Å². The van der Waals surface area contributed by atoms with E-state index in [2.05, 4.69) is 11.3 Å². The summed E-state index contributed by atoms with van der Waals surface area (Å²) in [5, 5.41) is 0. The fraction of sp³-hybridized carbons (Fsp3) is 0.375. The van der Waals surface area contributed by atoms with Gasteiger partial charge in [-0.05, 0) is 31.2 Å². The third-order valence-electron chi connectivity index (χ3n) is 2.83. The standard InChI is InChI=1S/C16H20O4/c1-14(15-9-5-4-6-10-15)16(18)20-12-8-3-2-7-11-19-13-17/h4-6,9-10,13H,1-3,7-8,11-12H2. The van der Waals surface area contributed by atoms with Gasteiger partial charge < -0.3 is 9.47 Å². The molecule has 4 heteroatoms. The van der Waals surface area contributed by atoms with Gasteiger partial charge in [0.25, 0.3) is 6.47 Å². The lowest BCUT2D eigenvalue weighted by molar-refractivity contribution is -0.136. The van der Waals surface area contributed by atoms with Gasteiger partial charge in [0.15, 0.2) is 0 Å². The number of hydrogen-bond donors (Lipinski definition) is 0. The maximum absolute atomic E-state index is 11.7. The zero-order chi connectivity index (χ0) is 14.6. The van der Waals surface area contributed by atoms with Gasteiger partial charge in [-0.1, -0.05) is 36.9 Å². The highest BCUT2D eigenvalue weighted by atomic mass is 16.5. The Morgan fingerprint density at radius 3 is 2.35 bits per heavy atom. The summed E-state index contributed by atoms with van der Waals surface area (Å²) in [5.41, 5.74) is 1.16. The summed E-state index contributed by atoms with van der Waals surface area (Å²) >= 11 is 0.